The number of aryl methyl sites for hydroxylation is 2. The molecule has 114 valence electrons. The molecule has 0 spiro atoms. The van der Waals surface area contributed by atoms with Crippen molar-refractivity contribution < 1.29 is 22.4 Å². The zero-order chi connectivity index (χ0) is 15.6. The molecule has 0 aromatic carbocycles. The average Bonchev–Trinajstić information content (AvgIpc) is 2.78. The average molecular weight is 314 g/mol. The van der Waals surface area contributed by atoms with Gasteiger partial charge in [0.15, 0.2) is 10.7 Å². The molecule has 10 heteroatoms. The zero-order valence-corrected chi connectivity index (χ0v) is 12.7. The van der Waals surface area contributed by atoms with Crippen LogP contribution in [0.25, 0.3) is 0 Å². The minimum Gasteiger partial charge on any atom is -0.479 e. The van der Waals surface area contributed by atoms with Crippen molar-refractivity contribution >= 4 is 15.7 Å². The molecule has 0 atom stereocenters. The van der Waals surface area contributed by atoms with Crippen LogP contribution in [0, 0.1) is 13.8 Å². The number of hydrogen-bond acceptors (Lipinski definition) is 8. The summed E-state index contributed by atoms with van der Waals surface area (Å²) in [7, 11) is -1.14. The lowest BCUT2D eigenvalue weighted by atomic mass is 10.4. The van der Waals surface area contributed by atoms with Gasteiger partial charge in [0, 0.05) is 0 Å². The molecule has 0 fully saturated rings. The Morgan fingerprint density at radius 1 is 1.24 bits per heavy atom. The van der Waals surface area contributed by atoms with Gasteiger partial charge in [-0.05, 0) is 13.8 Å². The van der Waals surface area contributed by atoms with E-state index in [1.165, 1.54) is 34.3 Å². The predicted molar refractivity (Wildman–Crippen MR) is 71.9 cm³/mol. The van der Waals surface area contributed by atoms with Crippen LogP contribution in [-0.2, 0) is 10.0 Å². The van der Waals surface area contributed by atoms with Crippen LogP contribution in [0.2, 0.25) is 0 Å². The highest BCUT2D eigenvalue weighted by atomic mass is 32.2. The number of anilines is 1. The van der Waals surface area contributed by atoms with Gasteiger partial charge < -0.3 is 14.0 Å². The second kappa shape index (κ2) is 5.56. The highest BCUT2D eigenvalue weighted by Crippen LogP contribution is 2.27. The molecular weight excluding hydrogens is 300 g/mol. The van der Waals surface area contributed by atoms with Crippen molar-refractivity contribution in [3.05, 3.63) is 17.7 Å². The van der Waals surface area contributed by atoms with E-state index < -0.39 is 10.0 Å². The minimum absolute atomic E-state index is 0.0274. The van der Waals surface area contributed by atoms with Crippen molar-refractivity contribution in [1.82, 2.24) is 15.1 Å². The van der Waals surface area contributed by atoms with E-state index in [9.17, 15) is 8.42 Å². The van der Waals surface area contributed by atoms with Crippen LogP contribution in [-0.4, -0.2) is 37.8 Å². The molecule has 0 saturated carbocycles. The fourth-order valence-electron chi connectivity index (χ4n) is 1.73. The first-order chi connectivity index (χ1) is 9.89. The van der Waals surface area contributed by atoms with E-state index in [1.54, 1.807) is 0 Å². The Morgan fingerprint density at radius 3 is 2.48 bits per heavy atom. The number of sulfonamides is 1. The highest BCUT2D eigenvalue weighted by molar-refractivity contribution is 7.92. The largest absolute Gasteiger partial charge is 0.479 e. The first-order valence-corrected chi connectivity index (χ1v) is 7.28. The van der Waals surface area contributed by atoms with Gasteiger partial charge in [-0.25, -0.2) is 13.4 Å². The molecule has 1 N–H and O–H groups in total. The summed E-state index contributed by atoms with van der Waals surface area (Å²) in [5.41, 5.74) is 0.340. The van der Waals surface area contributed by atoms with E-state index in [0.29, 0.717) is 0 Å². The van der Waals surface area contributed by atoms with E-state index in [0.717, 1.165) is 0 Å². The monoisotopic (exact) mass is 314 g/mol. The number of hydrogen-bond donors (Lipinski definition) is 1. The van der Waals surface area contributed by atoms with Gasteiger partial charge in [0.05, 0.1) is 20.4 Å². The lowest BCUT2D eigenvalue weighted by molar-refractivity contribution is 0.353. The summed E-state index contributed by atoms with van der Waals surface area (Å²) < 4.78 is 41.8. The standard InChI is InChI=1S/C11H14N4O5S/c1-6-9(7(2)20-14-6)21(16,17)15-8-5-12-11(19-4)13-10(8)18-3/h5,15H,1-4H3. The molecule has 2 aromatic heterocycles. The number of ether oxygens (including phenoxy) is 2. The third-order valence-corrected chi connectivity index (χ3v) is 4.20. The van der Waals surface area contributed by atoms with Crippen LogP contribution >= 0.6 is 0 Å². The molecule has 2 heterocycles. The number of nitrogens with one attached hydrogen (secondary N) is 1. The van der Waals surface area contributed by atoms with Crippen molar-refractivity contribution in [1.29, 1.82) is 0 Å². The second-order valence-corrected chi connectivity index (χ2v) is 5.66. The first kappa shape index (κ1) is 15.0. The smallest absolute Gasteiger partial charge is 0.319 e. The molecule has 2 aromatic rings. The molecule has 2 rings (SSSR count). The lowest BCUT2D eigenvalue weighted by Crippen LogP contribution is -2.16. The van der Waals surface area contributed by atoms with Gasteiger partial charge >= 0.3 is 6.01 Å². The van der Waals surface area contributed by atoms with Crippen LogP contribution in [0.4, 0.5) is 5.69 Å². The van der Waals surface area contributed by atoms with Crippen LogP contribution in [0.5, 0.6) is 11.9 Å². The Bertz CT molecular complexity index is 736. The third kappa shape index (κ3) is 2.89. The topological polar surface area (TPSA) is 116 Å². The minimum atomic E-state index is -3.89. The van der Waals surface area contributed by atoms with Crippen molar-refractivity contribution in [2.45, 2.75) is 18.7 Å². The summed E-state index contributed by atoms with van der Waals surface area (Å²) >= 11 is 0. The van der Waals surface area contributed by atoms with Crippen LogP contribution in [0.3, 0.4) is 0 Å². The molecule has 0 aliphatic rings. The molecular formula is C11H14N4O5S. The number of aromatic nitrogens is 3. The van der Waals surface area contributed by atoms with Crippen molar-refractivity contribution in [2.24, 2.45) is 0 Å². The van der Waals surface area contributed by atoms with Gasteiger partial charge in [0.1, 0.15) is 11.4 Å². The van der Waals surface area contributed by atoms with E-state index in [-0.39, 0.29) is 33.9 Å². The van der Waals surface area contributed by atoms with Gasteiger partial charge in [-0.2, -0.15) is 4.98 Å². The van der Waals surface area contributed by atoms with Crippen molar-refractivity contribution in [2.75, 3.05) is 18.9 Å². The molecule has 0 amide bonds. The summed E-state index contributed by atoms with van der Waals surface area (Å²) in [5.74, 6) is 0.227. The summed E-state index contributed by atoms with van der Waals surface area (Å²) in [6.07, 6.45) is 1.25. The molecule has 0 aliphatic heterocycles. The summed E-state index contributed by atoms with van der Waals surface area (Å²) in [5, 5.41) is 3.62. The molecule has 0 aliphatic carbocycles. The second-order valence-electron chi connectivity index (χ2n) is 4.04. The normalized spacial score (nSPS) is 11.2. The Kier molecular flexibility index (Phi) is 3.98. The van der Waals surface area contributed by atoms with Crippen LogP contribution in [0.15, 0.2) is 15.6 Å². The molecule has 0 saturated heterocycles. The summed E-state index contributed by atoms with van der Waals surface area (Å²) in [6, 6.07) is 0.0622. The Hall–Kier alpha value is -2.36. The van der Waals surface area contributed by atoms with Crippen LogP contribution < -0.4 is 14.2 Å². The summed E-state index contributed by atoms with van der Waals surface area (Å²) in [4.78, 5) is 7.71. The highest BCUT2D eigenvalue weighted by Gasteiger charge is 2.26. The maximum Gasteiger partial charge on any atom is 0.319 e. The van der Waals surface area contributed by atoms with E-state index >= 15 is 0 Å². The number of rotatable bonds is 5. The molecule has 9 nitrogen and oxygen atoms in total. The quantitative estimate of drug-likeness (QED) is 0.865. The predicted octanol–water partition coefficient (Wildman–Crippen LogP) is 0.899. The fourth-order valence-corrected chi connectivity index (χ4v) is 3.10. The van der Waals surface area contributed by atoms with Crippen molar-refractivity contribution in [3.8, 4) is 11.9 Å². The van der Waals surface area contributed by atoms with Gasteiger partial charge in [0.25, 0.3) is 10.0 Å². The maximum atomic E-state index is 12.4. The van der Waals surface area contributed by atoms with Crippen LogP contribution in [0.1, 0.15) is 11.5 Å². The fraction of sp³-hybridized carbons (Fsp3) is 0.364. The van der Waals surface area contributed by atoms with Crippen molar-refractivity contribution in [3.63, 3.8) is 0 Å². The number of methoxy groups -OCH3 is 2. The summed E-state index contributed by atoms with van der Waals surface area (Å²) in [6.45, 7) is 3.04. The molecule has 0 unspecified atom stereocenters. The third-order valence-electron chi connectivity index (χ3n) is 2.59. The molecule has 0 radical (unpaired) electrons. The van der Waals surface area contributed by atoms with E-state index in [4.69, 9.17) is 14.0 Å². The van der Waals surface area contributed by atoms with Gasteiger partial charge in [-0.15, -0.1) is 0 Å². The number of nitrogens with zero attached hydrogens (tertiary/aromatic N) is 3. The Balaban J connectivity index is 2.42. The molecule has 21 heavy (non-hydrogen) atoms. The SMILES string of the molecule is COc1ncc(NS(=O)(=O)c2c(C)noc2C)c(OC)n1. The van der Waals surface area contributed by atoms with Gasteiger partial charge in [-0.3, -0.25) is 4.72 Å². The Labute approximate surface area is 121 Å². The maximum absolute atomic E-state index is 12.4. The lowest BCUT2D eigenvalue weighted by Gasteiger charge is -2.10. The Morgan fingerprint density at radius 2 is 1.95 bits per heavy atom. The first-order valence-electron chi connectivity index (χ1n) is 5.79. The van der Waals surface area contributed by atoms with Gasteiger partial charge in [-0.1, -0.05) is 5.16 Å². The molecule has 0 bridgehead atoms. The van der Waals surface area contributed by atoms with E-state index in [2.05, 4.69) is 19.8 Å². The zero-order valence-electron chi connectivity index (χ0n) is 11.9. The van der Waals surface area contributed by atoms with Gasteiger partial charge in [0.2, 0.25) is 5.88 Å². The van der Waals surface area contributed by atoms with E-state index in [1.807, 2.05) is 0 Å².